The highest BCUT2D eigenvalue weighted by Gasteiger charge is 2.52. The molecule has 1 saturated carbocycles. The number of carbonyl (C=O) groups is 1. The van der Waals surface area contributed by atoms with E-state index < -0.39 is 4.33 Å². The lowest BCUT2D eigenvalue weighted by Gasteiger charge is -2.08. The number of benzene rings is 2. The van der Waals surface area contributed by atoms with Crippen molar-refractivity contribution < 1.29 is 4.79 Å². The number of rotatable bonds is 3. The maximum absolute atomic E-state index is 12.2. The van der Waals surface area contributed by atoms with Gasteiger partial charge in [0.05, 0.1) is 5.56 Å². The molecule has 3 rings (SSSR count). The van der Waals surface area contributed by atoms with Gasteiger partial charge in [-0.05, 0) is 58.8 Å². The molecule has 1 fully saturated rings. The fourth-order valence-electron chi connectivity index (χ4n) is 2.22. The van der Waals surface area contributed by atoms with Crippen molar-refractivity contribution in [2.75, 3.05) is 5.32 Å². The Kier molecular flexibility index (Phi) is 4.17. The Bertz CT molecular complexity index is 685. The second kappa shape index (κ2) is 5.78. The van der Waals surface area contributed by atoms with Crippen molar-refractivity contribution in [2.24, 2.45) is 0 Å². The van der Waals surface area contributed by atoms with Crippen LogP contribution in [0.25, 0.3) is 0 Å². The Balaban J connectivity index is 1.71. The van der Waals surface area contributed by atoms with Crippen LogP contribution in [-0.4, -0.2) is 10.2 Å². The van der Waals surface area contributed by atoms with Crippen LogP contribution in [0.2, 0.25) is 0 Å². The second-order valence-electron chi connectivity index (χ2n) is 5.07. The van der Waals surface area contributed by atoms with Crippen LogP contribution in [0.5, 0.6) is 0 Å². The van der Waals surface area contributed by atoms with Gasteiger partial charge >= 0.3 is 0 Å². The first kappa shape index (κ1) is 15.1. The largest absolute Gasteiger partial charge is 0.322 e. The van der Waals surface area contributed by atoms with Crippen LogP contribution < -0.4 is 5.32 Å². The minimum atomic E-state index is -0.620. The average Bonchev–Trinajstić information content (AvgIpc) is 3.09. The number of nitrogens with one attached hydrogen (secondary N) is 1. The Morgan fingerprint density at radius 3 is 2.33 bits per heavy atom. The minimum absolute atomic E-state index is 0.108. The fraction of sp³-hybridized carbons (Fsp3) is 0.188. The van der Waals surface area contributed by atoms with Crippen LogP contribution >= 0.6 is 45.8 Å². The van der Waals surface area contributed by atoms with Crippen molar-refractivity contribution in [3.63, 3.8) is 0 Å². The molecule has 0 radical (unpaired) electrons. The third kappa shape index (κ3) is 3.35. The van der Waals surface area contributed by atoms with E-state index in [-0.39, 0.29) is 11.8 Å². The lowest BCUT2D eigenvalue weighted by molar-refractivity contribution is 0.102. The topological polar surface area (TPSA) is 29.1 Å². The van der Waals surface area contributed by atoms with E-state index in [4.69, 9.17) is 23.2 Å². The minimum Gasteiger partial charge on any atom is -0.322 e. The van der Waals surface area contributed by atoms with Gasteiger partial charge in [0.2, 0.25) is 0 Å². The highest BCUT2D eigenvalue weighted by atomic mass is 127. The van der Waals surface area contributed by atoms with Crippen LogP contribution in [0.4, 0.5) is 5.69 Å². The standard InChI is InChI=1S/C16H12Cl2INO/c17-16(18)9-13(16)10-5-7-11(8-6-10)20-15(21)12-3-1-2-4-14(12)19/h1-8,13H,9H2,(H,20,21). The summed E-state index contributed by atoms with van der Waals surface area (Å²) in [5.41, 5.74) is 2.54. The van der Waals surface area contributed by atoms with Crippen molar-refractivity contribution in [1.82, 2.24) is 0 Å². The number of halogens is 3. The van der Waals surface area contributed by atoms with Gasteiger partial charge in [-0.25, -0.2) is 0 Å². The smallest absolute Gasteiger partial charge is 0.256 e. The molecule has 1 amide bonds. The summed E-state index contributed by atoms with van der Waals surface area (Å²) in [6, 6.07) is 15.2. The molecule has 1 unspecified atom stereocenters. The average molecular weight is 432 g/mol. The molecule has 0 aromatic heterocycles. The third-order valence-electron chi connectivity index (χ3n) is 3.52. The fourth-order valence-corrected chi connectivity index (χ4v) is 3.41. The van der Waals surface area contributed by atoms with Crippen LogP contribution in [0.1, 0.15) is 28.3 Å². The van der Waals surface area contributed by atoms with Gasteiger partial charge in [0.1, 0.15) is 4.33 Å². The number of anilines is 1. The molecule has 2 nitrogen and oxygen atoms in total. The molecule has 1 atom stereocenters. The van der Waals surface area contributed by atoms with Crippen LogP contribution in [0.3, 0.4) is 0 Å². The zero-order valence-corrected chi connectivity index (χ0v) is 14.6. The highest BCUT2D eigenvalue weighted by Crippen LogP contribution is 2.59. The van der Waals surface area contributed by atoms with E-state index in [9.17, 15) is 4.79 Å². The van der Waals surface area contributed by atoms with E-state index in [0.717, 1.165) is 21.2 Å². The van der Waals surface area contributed by atoms with Crippen LogP contribution in [0.15, 0.2) is 48.5 Å². The Labute approximate surface area is 147 Å². The molecule has 1 N–H and O–H groups in total. The van der Waals surface area contributed by atoms with Crippen molar-refractivity contribution in [1.29, 1.82) is 0 Å². The number of amides is 1. The van der Waals surface area contributed by atoms with Gasteiger partial charge in [0.15, 0.2) is 0 Å². The van der Waals surface area contributed by atoms with Gasteiger partial charge in [0, 0.05) is 15.2 Å². The summed E-state index contributed by atoms with van der Waals surface area (Å²) in [7, 11) is 0. The van der Waals surface area contributed by atoms with Crippen LogP contribution in [0, 0.1) is 3.57 Å². The van der Waals surface area contributed by atoms with Gasteiger partial charge in [-0.1, -0.05) is 24.3 Å². The van der Waals surface area contributed by atoms with E-state index in [0.29, 0.717) is 5.56 Å². The van der Waals surface area contributed by atoms with Gasteiger partial charge < -0.3 is 5.32 Å². The van der Waals surface area contributed by atoms with E-state index in [2.05, 4.69) is 27.9 Å². The van der Waals surface area contributed by atoms with E-state index in [1.807, 2.05) is 48.5 Å². The van der Waals surface area contributed by atoms with Gasteiger partial charge in [-0.15, -0.1) is 23.2 Å². The molecule has 0 aliphatic heterocycles. The first-order valence-electron chi connectivity index (χ1n) is 6.51. The number of carbonyl (C=O) groups excluding carboxylic acids is 1. The molecule has 108 valence electrons. The lowest BCUT2D eigenvalue weighted by Crippen LogP contribution is -2.13. The zero-order valence-electron chi connectivity index (χ0n) is 10.9. The van der Waals surface area contributed by atoms with Crippen molar-refractivity contribution in [3.05, 3.63) is 63.2 Å². The SMILES string of the molecule is O=C(Nc1ccc(C2CC2(Cl)Cl)cc1)c1ccccc1I. The van der Waals surface area contributed by atoms with Gasteiger partial charge in [0.25, 0.3) is 5.91 Å². The number of hydrogen-bond donors (Lipinski definition) is 1. The molecule has 2 aromatic carbocycles. The quantitative estimate of drug-likeness (QED) is 0.524. The molecule has 2 aromatic rings. The first-order valence-corrected chi connectivity index (χ1v) is 8.34. The predicted octanol–water partition coefficient (Wildman–Crippen LogP) is 5.20. The van der Waals surface area contributed by atoms with Crippen LogP contribution in [-0.2, 0) is 0 Å². The summed E-state index contributed by atoms with van der Waals surface area (Å²) < 4.78 is 0.307. The Hall–Kier alpha value is -0.780. The molecule has 0 saturated heterocycles. The summed E-state index contributed by atoms with van der Waals surface area (Å²) in [5.74, 6) is 0.0869. The molecule has 5 heteroatoms. The van der Waals surface area contributed by atoms with E-state index in [1.165, 1.54) is 0 Å². The molecule has 1 aliphatic rings. The van der Waals surface area contributed by atoms with Gasteiger partial charge in [-0.3, -0.25) is 4.79 Å². The van der Waals surface area contributed by atoms with E-state index >= 15 is 0 Å². The first-order chi connectivity index (χ1) is 9.97. The summed E-state index contributed by atoms with van der Waals surface area (Å²) in [6.45, 7) is 0. The monoisotopic (exact) mass is 431 g/mol. The number of alkyl halides is 2. The molecule has 21 heavy (non-hydrogen) atoms. The third-order valence-corrected chi connectivity index (χ3v) is 5.29. The molecule has 0 bridgehead atoms. The predicted molar refractivity (Wildman–Crippen MR) is 95.3 cm³/mol. The molecular formula is C16H12Cl2INO. The molecular weight excluding hydrogens is 420 g/mol. The Morgan fingerprint density at radius 2 is 1.76 bits per heavy atom. The van der Waals surface area contributed by atoms with Gasteiger partial charge in [-0.2, -0.15) is 0 Å². The van der Waals surface area contributed by atoms with Crippen molar-refractivity contribution in [2.45, 2.75) is 16.7 Å². The summed E-state index contributed by atoms with van der Waals surface area (Å²) in [4.78, 5) is 12.2. The molecule has 0 heterocycles. The van der Waals surface area contributed by atoms with Crippen molar-refractivity contribution in [3.8, 4) is 0 Å². The summed E-state index contributed by atoms with van der Waals surface area (Å²) in [6.07, 6.45) is 0.782. The molecule has 1 aliphatic carbocycles. The molecule has 0 spiro atoms. The maximum Gasteiger partial charge on any atom is 0.256 e. The summed E-state index contributed by atoms with van der Waals surface area (Å²) >= 11 is 14.3. The summed E-state index contributed by atoms with van der Waals surface area (Å²) in [5, 5.41) is 2.90. The van der Waals surface area contributed by atoms with E-state index in [1.54, 1.807) is 0 Å². The lowest BCUT2D eigenvalue weighted by atomic mass is 10.1. The maximum atomic E-state index is 12.2. The normalized spacial score (nSPS) is 19.1. The van der Waals surface area contributed by atoms with Crippen molar-refractivity contribution >= 4 is 57.4 Å². The zero-order chi connectivity index (χ0) is 15.0. The number of hydrogen-bond acceptors (Lipinski definition) is 1. The second-order valence-corrected chi connectivity index (χ2v) is 7.78. The highest BCUT2D eigenvalue weighted by molar-refractivity contribution is 14.1. The Morgan fingerprint density at radius 1 is 1.14 bits per heavy atom.